The number of amides is 1. The second-order valence-corrected chi connectivity index (χ2v) is 7.33. The van der Waals surface area contributed by atoms with E-state index in [-0.39, 0.29) is 12.3 Å². The smallest absolute Gasteiger partial charge is 0.244 e. The molecule has 0 atom stereocenters. The third-order valence-electron chi connectivity index (χ3n) is 4.10. The van der Waals surface area contributed by atoms with Crippen LogP contribution in [0.25, 0.3) is 11.3 Å². The van der Waals surface area contributed by atoms with Gasteiger partial charge in [0.2, 0.25) is 5.91 Å². The predicted octanol–water partition coefficient (Wildman–Crippen LogP) is 5.62. The summed E-state index contributed by atoms with van der Waals surface area (Å²) >= 11 is 18.2. The molecule has 2 aromatic carbocycles. The van der Waals surface area contributed by atoms with Crippen LogP contribution in [0.1, 0.15) is 11.3 Å². The molecule has 6 nitrogen and oxygen atoms in total. The number of hydrazone groups is 1. The zero-order valence-corrected chi connectivity index (χ0v) is 18.3. The maximum absolute atomic E-state index is 12.1. The van der Waals surface area contributed by atoms with E-state index in [9.17, 15) is 4.79 Å². The Morgan fingerprint density at radius 1 is 1.00 bits per heavy atom. The number of ether oxygens (including phenoxy) is 2. The Bertz CT molecular complexity index is 1100. The van der Waals surface area contributed by atoms with Crippen molar-refractivity contribution in [1.29, 1.82) is 0 Å². The first-order chi connectivity index (χ1) is 14.4. The number of benzene rings is 2. The van der Waals surface area contributed by atoms with Gasteiger partial charge in [0.25, 0.3) is 0 Å². The number of rotatable bonds is 7. The molecule has 0 bridgehead atoms. The molecule has 0 saturated heterocycles. The van der Waals surface area contributed by atoms with E-state index in [1.807, 2.05) is 0 Å². The van der Waals surface area contributed by atoms with Crippen molar-refractivity contribution in [3.8, 4) is 22.8 Å². The first kappa shape index (κ1) is 22.0. The van der Waals surface area contributed by atoms with Crippen molar-refractivity contribution >= 4 is 46.9 Å². The van der Waals surface area contributed by atoms with E-state index in [1.54, 1.807) is 49.6 Å². The summed E-state index contributed by atoms with van der Waals surface area (Å²) in [5.74, 6) is 1.78. The average Bonchev–Trinajstić information content (AvgIpc) is 3.19. The highest BCUT2D eigenvalue weighted by atomic mass is 35.5. The van der Waals surface area contributed by atoms with Crippen molar-refractivity contribution in [2.75, 3.05) is 14.2 Å². The minimum Gasteiger partial charge on any atom is -0.493 e. The molecule has 3 rings (SSSR count). The summed E-state index contributed by atoms with van der Waals surface area (Å²) in [4.78, 5) is 12.1. The SMILES string of the molecule is COc1ccc(CC(=O)N/N=C\c2ccc(-c3cc(Cl)c(Cl)cc3Cl)o2)cc1OC. The molecule has 156 valence electrons. The first-order valence-corrected chi connectivity index (χ1v) is 9.82. The third kappa shape index (κ3) is 5.27. The van der Waals surface area contributed by atoms with Crippen LogP contribution in [0.15, 0.2) is 52.0 Å². The number of hydrogen-bond donors (Lipinski definition) is 1. The number of methoxy groups -OCH3 is 2. The van der Waals surface area contributed by atoms with Gasteiger partial charge in [0.05, 0.1) is 41.9 Å². The lowest BCUT2D eigenvalue weighted by molar-refractivity contribution is -0.120. The zero-order chi connectivity index (χ0) is 21.7. The largest absolute Gasteiger partial charge is 0.493 e. The summed E-state index contributed by atoms with van der Waals surface area (Å²) < 4.78 is 16.1. The fourth-order valence-corrected chi connectivity index (χ4v) is 3.30. The molecule has 0 spiro atoms. The van der Waals surface area contributed by atoms with E-state index in [0.29, 0.717) is 43.7 Å². The molecule has 1 heterocycles. The van der Waals surface area contributed by atoms with Gasteiger partial charge in [-0.2, -0.15) is 5.10 Å². The van der Waals surface area contributed by atoms with Crippen LogP contribution in [0.4, 0.5) is 0 Å². The monoisotopic (exact) mass is 466 g/mol. The van der Waals surface area contributed by atoms with Crippen LogP contribution in [0.2, 0.25) is 15.1 Å². The van der Waals surface area contributed by atoms with Crippen molar-refractivity contribution in [2.24, 2.45) is 5.10 Å². The van der Waals surface area contributed by atoms with E-state index < -0.39 is 0 Å². The van der Waals surface area contributed by atoms with Gasteiger partial charge in [-0.25, -0.2) is 5.43 Å². The molecule has 9 heteroatoms. The highest BCUT2D eigenvalue weighted by molar-refractivity contribution is 6.44. The molecule has 1 aromatic heterocycles. The lowest BCUT2D eigenvalue weighted by atomic mass is 10.1. The van der Waals surface area contributed by atoms with E-state index >= 15 is 0 Å². The summed E-state index contributed by atoms with van der Waals surface area (Å²) in [6.45, 7) is 0. The molecular weight excluding hydrogens is 451 g/mol. The summed E-state index contributed by atoms with van der Waals surface area (Å²) in [5.41, 5.74) is 3.82. The Morgan fingerprint density at radius 3 is 2.47 bits per heavy atom. The van der Waals surface area contributed by atoms with Gasteiger partial charge in [-0.05, 0) is 42.0 Å². The average molecular weight is 468 g/mol. The Kier molecular flexibility index (Phi) is 7.26. The molecular formula is C21H17Cl3N2O4. The molecule has 0 saturated carbocycles. The van der Waals surface area contributed by atoms with E-state index in [1.165, 1.54) is 13.3 Å². The first-order valence-electron chi connectivity index (χ1n) is 8.69. The number of halogens is 3. The molecule has 1 N–H and O–H groups in total. The normalized spacial score (nSPS) is 11.0. The van der Waals surface area contributed by atoms with Crippen LogP contribution < -0.4 is 14.9 Å². The van der Waals surface area contributed by atoms with Gasteiger partial charge >= 0.3 is 0 Å². The maximum atomic E-state index is 12.1. The van der Waals surface area contributed by atoms with Gasteiger partial charge in [0.15, 0.2) is 11.5 Å². The van der Waals surface area contributed by atoms with Gasteiger partial charge in [-0.1, -0.05) is 40.9 Å². The lowest BCUT2D eigenvalue weighted by Gasteiger charge is -2.09. The molecule has 0 radical (unpaired) electrons. The van der Waals surface area contributed by atoms with Crippen LogP contribution in [-0.2, 0) is 11.2 Å². The number of carbonyl (C=O) groups excluding carboxylic acids is 1. The van der Waals surface area contributed by atoms with Crippen molar-refractivity contribution < 1.29 is 18.7 Å². The number of nitrogens with one attached hydrogen (secondary N) is 1. The number of carbonyl (C=O) groups is 1. The number of furan rings is 1. The van der Waals surface area contributed by atoms with Crippen LogP contribution in [0.3, 0.4) is 0 Å². The molecule has 0 aliphatic heterocycles. The summed E-state index contributed by atoms with van der Waals surface area (Å²) in [6, 6.07) is 11.8. The second kappa shape index (κ2) is 9.89. The Hall–Kier alpha value is -2.67. The van der Waals surface area contributed by atoms with E-state index in [2.05, 4.69) is 10.5 Å². The fourth-order valence-electron chi connectivity index (χ4n) is 2.66. The van der Waals surface area contributed by atoms with Crippen LogP contribution in [0, 0.1) is 0 Å². The minimum atomic E-state index is -0.294. The number of hydrogen-bond acceptors (Lipinski definition) is 5. The standard InChI is InChI=1S/C21H17Cl3N2O4/c1-28-19-5-3-12(7-20(19)29-2)8-21(27)26-25-11-13-4-6-18(30-13)14-9-16(23)17(24)10-15(14)22/h3-7,9-11H,8H2,1-2H3,(H,26,27)/b25-11-. The summed E-state index contributed by atoms with van der Waals surface area (Å²) in [7, 11) is 3.09. The molecule has 0 aliphatic carbocycles. The second-order valence-electron chi connectivity index (χ2n) is 6.11. The molecule has 3 aromatic rings. The van der Waals surface area contributed by atoms with Gasteiger partial charge in [-0.15, -0.1) is 0 Å². The molecule has 0 aliphatic rings. The van der Waals surface area contributed by atoms with Crippen LogP contribution in [-0.4, -0.2) is 26.3 Å². The van der Waals surface area contributed by atoms with Gasteiger partial charge in [-0.3, -0.25) is 4.79 Å². The van der Waals surface area contributed by atoms with Crippen molar-refractivity contribution in [3.63, 3.8) is 0 Å². The van der Waals surface area contributed by atoms with Crippen molar-refractivity contribution in [2.45, 2.75) is 6.42 Å². The van der Waals surface area contributed by atoms with Gasteiger partial charge < -0.3 is 13.9 Å². The van der Waals surface area contributed by atoms with Crippen LogP contribution in [0.5, 0.6) is 11.5 Å². The quantitative estimate of drug-likeness (QED) is 0.278. The Morgan fingerprint density at radius 2 is 1.73 bits per heavy atom. The Balaban J connectivity index is 1.62. The predicted molar refractivity (Wildman–Crippen MR) is 118 cm³/mol. The summed E-state index contributed by atoms with van der Waals surface area (Å²) in [6.07, 6.45) is 1.52. The van der Waals surface area contributed by atoms with Crippen molar-refractivity contribution in [1.82, 2.24) is 5.43 Å². The lowest BCUT2D eigenvalue weighted by Crippen LogP contribution is -2.19. The molecule has 0 unspecified atom stereocenters. The maximum Gasteiger partial charge on any atom is 0.244 e. The van der Waals surface area contributed by atoms with Gasteiger partial charge in [0, 0.05) is 5.56 Å². The van der Waals surface area contributed by atoms with E-state index in [4.69, 9.17) is 48.7 Å². The van der Waals surface area contributed by atoms with Crippen molar-refractivity contribution in [3.05, 3.63) is 68.9 Å². The van der Waals surface area contributed by atoms with E-state index in [0.717, 1.165) is 5.56 Å². The molecule has 0 fully saturated rings. The molecule has 30 heavy (non-hydrogen) atoms. The highest BCUT2D eigenvalue weighted by Crippen LogP contribution is 2.35. The summed E-state index contributed by atoms with van der Waals surface area (Å²) in [5, 5.41) is 5.05. The van der Waals surface area contributed by atoms with Crippen LogP contribution >= 0.6 is 34.8 Å². The zero-order valence-electron chi connectivity index (χ0n) is 16.0. The number of nitrogens with zero attached hydrogens (tertiary/aromatic N) is 1. The molecule has 1 amide bonds. The van der Waals surface area contributed by atoms with Gasteiger partial charge in [0.1, 0.15) is 11.5 Å². The highest BCUT2D eigenvalue weighted by Gasteiger charge is 2.12. The Labute approximate surface area is 188 Å². The fraction of sp³-hybridized carbons (Fsp3) is 0.143. The third-order valence-corrected chi connectivity index (χ3v) is 5.13. The topological polar surface area (TPSA) is 73.1 Å². The minimum absolute atomic E-state index is 0.125.